The maximum absolute atomic E-state index is 12.8. The molecule has 0 atom stereocenters. The lowest BCUT2D eigenvalue weighted by molar-refractivity contribution is -0.153. The van der Waals surface area contributed by atoms with Crippen LogP contribution in [0.25, 0.3) is 10.9 Å². The van der Waals surface area contributed by atoms with Gasteiger partial charge in [0.1, 0.15) is 17.9 Å². The molecule has 1 aromatic heterocycles. The van der Waals surface area contributed by atoms with Crippen molar-refractivity contribution in [1.29, 1.82) is 0 Å². The van der Waals surface area contributed by atoms with Gasteiger partial charge in [-0.1, -0.05) is 17.7 Å². The highest BCUT2D eigenvalue weighted by atomic mass is 35.5. The Kier molecular flexibility index (Phi) is 8.97. The van der Waals surface area contributed by atoms with E-state index in [2.05, 4.69) is 9.97 Å². The number of aromatic nitrogens is 2. The van der Waals surface area contributed by atoms with E-state index >= 15 is 0 Å². The number of Topliss-reactive ketones (excluding diaryl/α,β-unsaturated/α-hetero) is 1. The number of nitrogens with zero attached hydrogens (tertiary/aromatic N) is 3. The third-order valence-corrected chi connectivity index (χ3v) is 8.97. The van der Waals surface area contributed by atoms with Crippen molar-refractivity contribution in [2.75, 3.05) is 53.2 Å². The van der Waals surface area contributed by atoms with Gasteiger partial charge in [0, 0.05) is 48.4 Å². The molecule has 3 fully saturated rings. The number of likely N-dealkylation sites (tertiary alicyclic amines) is 1. The number of ether oxygens (including phenoxy) is 5. The smallest absolute Gasteiger partial charge is 0.230 e. The van der Waals surface area contributed by atoms with Gasteiger partial charge in [-0.2, -0.15) is 0 Å². The van der Waals surface area contributed by atoms with Crippen LogP contribution in [0.1, 0.15) is 37.7 Å². The van der Waals surface area contributed by atoms with E-state index in [1.54, 1.807) is 31.4 Å². The quantitative estimate of drug-likeness (QED) is 0.279. The van der Waals surface area contributed by atoms with Gasteiger partial charge in [-0.05, 0) is 43.0 Å². The highest BCUT2D eigenvalue weighted by Gasteiger charge is 2.41. The van der Waals surface area contributed by atoms with Gasteiger partial charge in [0.25, 0.3) is 0 Å². The molecule has 2 aromatic carbocycles. The molecular weight excluding hydrogens is 574 g/mol. The van der Waals surface area contributed by atoms with E-state index in [1.807, 2.05) is 11.0 Å². The minimum atomic E-state index is 0.0886. The molecule has 3 aliphatic heterocycles. The topological polar surface area (TPSA) is 109 Å². The fourth-order valence-corrected chi connectivity index (χ4v) is 5.91. The van der Waals surface area contributed by atoms with Gasteiger partial charge in [0.2, 0.25) is 11.8 Å². The maximum Gasteiger partial charge on any atom is 0.230 e. The third kappa shape index (κ3) is 6.87. The molecule has 1 amide bonds. The molecule has 4 heterocycles. The van der Waals surface area contributed by atoms with Crippen LogP contribution in [0.2, 0.25) is 5.02 Å². The first kappa shape index (κ1) is 29.6. The standard InChI is InChI=1S/C32H36ClN3O7/c1-39-28-14-25-27(15-29(28)42-11-6-30(38)36-9-7-32(8-10-36)18-41-19-32)34-20-35-31(25)43-24-5-3-22(26(33)13-24)12-23(37)4-2-21-16-40-17-21/h3,5,13-15,20-21H,2,4,6-12,16-19H2,1H3. The molecule has 11 heteroatoms. The number of piperidine rings is 1. The number of halogens is 1. The molecule has 3 aromatic rings. The van der Waals surface area contributed by atoms with Crippen LogP contribution in [-0.2, 0) is 25.5 Å². The number of carbonyl (C=O) groups excluding carboxylic acids is 2. The van der Waals surface area contributed by atoms with Gasteiger partial charge in [-0.25, -0.2) is 9.97 Å². The van der Waals surface area contributed by atoms with E-state index in [-0.39, 0.29) is 36.6 Å². The van der Waals surface area contributed by atoms with Crippen molar-refractivity contribution in [2.45, 2.75) is 38.5 Å². The summed E-state index contributed by atoms with van der Waals surface area (Å²) in [4.78, 5) is 35.8. The van der Waals surface area contributed by atoms with Crippen LogP contribution >= 0.6 is 11.6 Å². The summed E-state index contributed by atoms with van der Waals surface area (Å²) in [7, 11) is 1.55. The molecule has 3 aliphatic rings. The van der Waals surface area contributed by atoms with Gasteiger partial charge in [-0.15, -0.1) is 0 Å². The van der Waals surface area contributed by atoms with Crippen LogP contribution in [0.4, 0.5) is 0 Å². The SMILES string of the molecule is COc1cc2c(Oc3ccc(CC(=O)CCC4COC4)c(Cl)c3)ncnc2cc1OCCC(=O)N1CCC2(CC1)COC2. The molecule has 228 valence electrons. The highest BCUT2D eigenvalue weighted by Crippen LogP contribution is 2.39. The first-order chi connectivity index (χ1) is 20.9. The van der Waals surface area contributed by atoms with Crippen molar-refractivity contribution in [3.63, 3.8) is 0 Å². The van der Waals surface area contributed by atoms with Crippen LogP contribution in [0.15, 0.2) is 36.7 Å². The lowest BCUT2D eigenvalue weighted by Gasteiger charge is -2.47. The summed E-state index contributed by atoms with van der Waals surface area (Å²) in [6, 6.07) is 8.78. The van der Waals surface area contributed by atoms with Crippen molar-refractivity contribution in [2.24, 2.45) is 11.3 Å². The summed E-state index contributed by atoms with van der Waals surface area (Å²) >= 11 is 6.52. The predicted octanol–water partition coefficient (Wildman–Crippen LogP) is 5.03. The largest absolute Gasteiger partial charge is 0.493 e. The van der Waals surface area contributed by atoms with Crippen molar-refractivity contribution < 1.29 is 33.3 Å². The van der Waals surface area contributed by atoms with Crippen LogP contribution < -0.4 is 14.2 Å². The number of hydrogen-bond donors (Lipinski definition) is 0. The van der Waals surface area contributed by atoms with E-state index in [9.17, 15) is 9.59 Å². The highest BCUT2D eigenvalue weighted by molar-refractivity contribution is 6.31. The van der Waals surface area contributed by atoms with Crippen LogP contribution in [-0.4, -0.2) is 79.8 Å². The van der Waals surface area contributed by atoms with Crippen molar-refractivity contribution >= 4 is 34.2 Å². The summed E-state index contributed by atoms with van der Waals surface area (Å²) < 4.78 is 28.2. The van der Waals surface area contributed by atoms with Crippen LogP contribution in [0.3, 0.4) is 0 Å². The number of fused-ring (bicyclic) bond motifs is 1. The molecule has 0 unspecified atom stereocenters. The Morgan fingerprint density at radius 1 is 1.05 bits per heavy atom. The average Bonchev–Trinajstić information content (AvgIpc) is 2.96. The summed E-state index contributed by atoms with van der Waals surface area (Å²) in [5.41, 5.74) is 1.65. The molecule has 0 aliphatic carbocycles. The Bertz CT molecular complexity index is 1480. The number of carbonyl (C=O) groups is 2. The fourth-order valence-electron chi connectivity index (χ4n) is 5.67. The van der Waals surface area contributed by atoms with Crippen molar-refractivity contribution in [3.05, 3.63) is 47.2 Å². The minimum Gasteiger partial charge on any atom is -0.493 e. The second kappa shape index (κ2) is 13.0. The Balaban J connectivity index is 1.07. The number of ketones is 1. The van der Waals surface area contributed by atoms with Gasteiger partial charge in [0.15, 0.2) is 11.5 Å². The van der Waals surface area contributed by atoms with Gasteiger partial charge >= 0.3 is 0 Å². The molecule has 0 bridgehead atoms. The van der Waals surface area contributed by atoms with E-state index < -0.39 is 0 Å². The third-order valence-electron chi connectivity index (χ3n) is 8.62. The second-order valence-electron chi connectivity index (χ2n) is 11.7. The van der Waals surface area contributed by atoms with Crippen LogP contribution in [0, 0.1) is 11.3 Å². The van der Waals surface area contributed by atoms with Gasteiger partial charge in [0.05, 0.1) is 57.5 Å². The molecule has 43 heavy (non-hydrogen) atoms. The zero-order valence-electron chi connectivity index (χ0n) is 24.3. The lowest BCUT2D eigenvalue weighted by atomic mass is 9.77. The number of benzene rings is 2. The Hall–Kier alpha value is -3.47. The lowest BCUT2D eigenvalue weighted by Crippen LogP contribution is -2.52. The Morgan fingerprint density at radius 3 is 2.53 bits per heavy atom. The molecule has 0 radical (unpaired) electrons. The Labute approximate surface area is 255 Å². The summed E-state index contributed by atoms with van der Waals surface area (Å²) in [6.07, 6.45) is 5.33. The van der Waals surface area contributed by atoms with E-state index in [4.69, 9.17) is 35.3 Å². The Morgan fingerprint density at radius 2 is 1.86 bits per heavy atom. The fraction of sp³-hybridized carbons (Fsp3) is 0.500. The van der Waals surface area contributed by atoms with Crippen molar-refractivity contribution in [1.82, 2.24) is 14.9 Å². The van der Waals surface area contributed by atoms with E-state index in [1.165, 1.54) is 6.33 Å². The summed E-state index contributed by atoms with van der Waals surface area (Å²) in [5.74, 6) is 2.51. The number of rotatable bonds is 12. The number of amides is 1. The molecule has 0 N–H and O–H groups in total. The van der Waals surface area contributed by atoms with Gasteiger partial charge in [-0.3, -0.25) is 9.59 Å². The zero-order valence-corrected chi connectivity index (χ0v) is 25.1. The normalized spacial score (nSPS) is 17.8. The first-order valence-electron chi connectivity index (χ1n) is 14.8. The average molecular weight is 610 g/mol. The second-order valence-corrected chi connectivity index (χ2v) is 12.1. The molecule has 6 rings (SSSR count). The predicted molar refractivity (Wildman–Crippen MR) is 159 cm³/mol. The molecule has 1 spiro atoms. The number of methoxy groups -OCH3 is 1. The molecule has 10 nitrogen and oxygen atoms in total. The van der Waals surface area contributed by atoms with Crippen LogP contribution in [0.5, 0.6) is 23.1 Å². The number of hydrogen-bond acceptors (Lipinski definition) is 9. The summed E-state index contributed by atoms with van der Waals surface area (Å²) in [5, 5.41) is 1.08. The van der Waals surface area contributed by atoms with Crippen molar-refractivity contribution in [3.8, 4) is 23.1 Å². The first-order valence-corrected chi connectivity index (χ1v) is 15.2. The molecular formula is C32H36ClN3O7. The zero-order chi connectivity index (χ0) is 29.8. The minimum absolute atomic E-state index is 0.0886. The van der Waals surface area contributed by atoms with Gasteiger partial charge < -0.3 is 28.6 Å². The van der Waals surface area contributed by atoms with E-state index in [0.717, 1.165) is 64.3 Å². The maximum atomic E-state index is 12.8. The van der Waals surface area contributed by atoms with E-state index in [0.29, 0.717) is 51.4 Å². The molecule has 0 saturated carbocycles. The molecule has 3 saturated heterocycles. The monoisotopic (exact) mass is 609 g/mol. The summed E-state index contributed by atoms with van der Waals surface area (Å²) in [6.45, 7) is 4.88.